The first-order valence-electron chi connectivity index (χ1n) is 11.7. The molecule has 2 aromatic rings. The molecule has 0 amide bonds. The Balaban J connectivity index is 1.91. The van der Waals surface area contributed by atoms with Gasteiger partial charge in [0.1, 0.15) is 6.61 Å². The highest BCUT2D eigenvalue weighted by Crippen LogP contribution is 2.33. The molecule has 32 heavy (non-hydrogen) atoms. The van der Waals surface area contributed by atoms with Crippen molar-refractivity contribution in [3.8, 4) is 11.5 Å². The number of rotatable bonds is 16. The van der Waals surface area contributed by atoms with E-state index in [1.54, 1.807) is 7.11 Å². The van der Waals surface area contributed by atoms with Gasteiger partial charge in [0.15, 0.2) is 11.5 Å². The molecular weight excluding hydrogens is 443 g/mol. The van der Waals surface area contributed by atoms with Gasteiger partial charge < -0.3 is 19.7 Å². The summed E-state index contributed by atoms with van der Waals surface area (Å²) in [5.74, 6) is 1.43. The maximum Gasteiger partial charge on any atom is 0.166 e. The molecule has 0 aliphatic rings. The Morgan fingerprint density at radius 1 is 0.875 bits per heavy atom. The standard InChI is InChI=1S/C26H38Cl2N2O2/c1-4-6-16-30(17-7-5-2)18-10-15-29-19-21-11-8-14-25(31-3)26(21)32-20-22-23(27)12-9-13-24(22)28/h8-9,11-14,29H,4-7,10,15-20H2,1-3H3. The molecule has 0 unspecified atom stereocenters. The number of hydrogen-bond donors (Lipinski definition) is 1. The third kappa shape index (κ3) is 8.82. The van der Waals surface area contributed by atoms with Gasteiger partial charge in [0, 0.05) is 27.7 Å². The van der Waals surface area contributed by atoms with Crippen molar-refractivity contribution in [2.24, 2.45) is 0 Å². The number of methoxy groups -OCH3 is 1. The first-order chi connectivity index (χ1) is 15.6. The van der Waals surface area contributed by atoms with Crippen LogP contribution in [0.25, 0.3) is 0 Å². The number of hydrogen-bond acceptors (Lipinski definition) is 4. The number of nitrogens with zero attached hydrogens (tertiary/aromatic N) is 1. The van der Waals surface area contributed by atoms with Crippen LogP contribution in [0.15, 0.2) is 36.4 Å². The minimum atomic E-state index is 0.287. The van der Waals surface area contributed by atoms with Gasteiger partial charge in [-0.25, -0.2) is 0 Å². The van der Waals surface area contributed by atoms with E-state index < -0.39 is 0 Å². The predicted octanol–water partition coefficient (Wildman–Crippen LogP) is 6.96. The van der Waals surface area contributed by atoms with E-state index in [0.717, 1.165) is 36.4 Å². The minimum Gasteiger partial charge on any atom is -0.493 e. The third-order valence-electron chi connectivity index (χ3n) is 5.50. The van der Waals surface area contributed by atoms with Crippen LogP contribution in [0.4, 0.5) is 0 Å². The number of halogens is 2. The molecule has 0 radical (unpaired) electrons. The van der Waals surface area contributed by atoms with Gasteiger partial charge in [-0.2, -0.15) is 0 Å². The Bertz CT molecular complexity index is 773. The summed E-state index contributed by atoms with van der Waals surface area (Å²) < 4.78 is 11.7. The highest BCUT2D eigenvalue weighted by atomic mass is 35.5. The van der Waals surface area contributed by atoms with Crippen LogP contribution in [0.2, 0.25) is 10.0 Å². The van der Waals surface area contributed by atoms with E-state index in [-0.39, 0.29) is 6.61 Å². The van der Waals surface area contributed by atoms with Crippen LogP contribution in [0.3, 0.4) is 0 Å². The second-order valence-corrected chi connectivity index (χ2v) is 8.83. The van der Waals surface area contributed by atoms with Crippen LogP contribution in [0.5, 0.6) is 11.5 Å². The van der Waals surface area contributed by atoms with Crippen molar-refractivity contribution in [1.29, 1.82) is 0 Å². The third-order valence-corrected chi connectivity index (χ3v) is 6.21. The van der Waals surface area contributed by atoms with Crippen LogP contribution in [-0.4, -0.2) is 38.2 Å². The lowest BCUT2D eigenvalue weighted by Crippen LogP contribution is -2.29. The Labute approximate surface area is 204 Å². The Hall–Kier alpha value is -1.46. The molecule has 0 bridgehead atoms. The van der Waals surface area contributed by atoms with Crippen molar-refractivity contribution in [1.82, 2.24) is 10.2 Å². The fourth-order valence-corrected chi connectivity index (χ4v) is 4.10. The molecule has 0 saturated carbocycles. The van der Waals surface area contributed by atoms with Crippen LogP contribution in [-0.2, 0) is 13.2 Å². The number of para-hydroxylation sites is 1. The molecule has 6 heteroatoms. The maximum atomic E-state index is 6.30. The van der Waals surface area contributed by atoms with Crippen LogP contribution >= 0.6 is 23.2 Å². The SMILES string of the molecule is CCCCN(CCCC)CCCNCc1cccc(OC)c1OCc1c(Cl)cccc1Cl. The summed E-state index contributed by atoms with van der Waals surface area (Å²) in [6.45, 7) is 10.0. The number of unbranched alkanes of at least 4 members (excludes halogenated alkanes) is 2. The lowest BCUT2D eigenvalue weighted by atomic mass is 10.1. The van der Waals surface area contributed by atoms with Crippen LogP contribution in [0, 0.1) is 0 Å². The van der Waals surface area contributed by atoms with E-state index in [9.17, 15) is 0 Å². The molecular formula is C26H38Cl2N2O2. The molecule has 0 fully saturated rings. The van der Waals surface area contributed by atoms with Gasteiger partial charge in [-0.1, -0.05) is 68.1 Å². The van der Waals surface area contributed by atoms with E-state index in [0.29, 0.717) is 22.3 Å². The topological polar surface area (TPSA) is 33.7 Å². The van der Waals surface area contributed by atoms with Gasteiger partial charge >= 0.3 is 0 Å². The number of nitrogens with one attached hydrogen (secondary N) is 1. The first-order valence-corrected chi connectivity index (χ1v) is 12.5. The summed E-state index contributed by atoms with van der Waals surface area (Å²) in [5, 5.41) is 4.77. The average Bonchev–Trinajstić information content (AvgIpc) is 2.80. The minimum absolute atomic E-state index is 0.287. The van der Waals surface area contributed by atoms with Crippen LogP contribution < -0.4 is 14.8 Å². The molecule has 0 saturated heterocycles. The summed E-state index contributed by atoms with van der Waals surface area (Å²) in [6.07, 6.45) is 6.18. The molecule has 2 rings (SSSR count). The van der Waals surface area contributed by atoms with Crippen molar-refractivity contribution in [2.75, 3.05) is 33.3 Å². The monoisotopic (exact) mass is 480 g/mol. The summed E-state index contributed by atoms with van der Waals surface area (Å²) in [6, 6.07) is 11.4. The zero-order valence-electron chi connectivity index (χ0n) is 19.8. The molecule has 1 N–H and O–H groups in total. The second kappa shape index (κ2) is 15.4. The van der Waals surface area contributed by atoms with Crippen molar-refractivity contribution >= 4 is 23.2 Å². The van der Waals surface area contributed by atoms with Crippen molar-refractivity contribution < 1.29 is 9.47 Å². The maximum absolute atomic E-state index is 6.30. The highest BCUT2D eigenvalue weighted by Gasteiger charge is 2.13. The van der Waals surface area contributed by atoms with E-state index in [2.05, 4.69) is 30.1 Å². The normalized spacial score (nSPS) is 11.2. The largest absolute Gasteiger partial charge is 0.493 e. The van der Waals surface area contributed by atoms with Gasteiger partial charge in [-0.05, 0) is 63.6 Å². The number of benzene rings is 2. The van der Waals surface area contributed by atoms with Crippen molar-refractivity contribution in [2.45, 2.75) is 59.1 Å². The summed E-state index contributed by atoms with van der Waals surface area (Å²) in [4.78, 5) is 2.60. The molecule has 0 spiro atoms. The second-order valence-electron chi connectivity index (χ2n) is 8.02. The Kier molecular flexibility index (Phi) is 12.9. The Morgan fingerprint density at radius 2 is 1.50 bits per heavy atom. The number of ether oxygens (including phenoxy) is 2. The van der Waals surface area contributed by atoms with Gasteiger partial charge in [0.05, 0.1) is 7.11 Å². The average molecular weight is 482 g/mol. The van der Waals surface area contributed by atoms with Gasteiger partial charge in [0.25, 0.3) is 0 Å². The van der Waals surface area contributed by atoms with Crippen molar-refractivity contribution in [3.63, 3.8) is 0 Å². The van der Waals surface area contributed by atoms with E-state index in [4.69, 9.17) is 32.7 Å². The molecule has 2 aromatic carbocycles. The van der Waals surface area contributed by atoms with Crippen LogP contribution in [0.1, 0.15) is 57.1 Å². The molecule has 0 aromatic heterocycles. The summed E-state index contributed by atoms with van der Waals surface area (Å²) in [5.41, 5.74) is 1.83. The molecule has 4 nitrogen and oxygen atoms in total. The zero-order valence-corrected chi connectivity index (χ0v) is 21.3. The van der Waals surface area contributed by atoms with E-state index in [1.807, 2.05) is 30.3 Å². The zero-order chi connectivity index (χ0) is 23.2. The smallest absolute Gasteiger partial charge is 0.166 e. The summed E-state index contributed by atoms with van der Waals surface area (Å²) in [7, 11) is 1.66. The lowest BCUT2D eigenvalue weighted by Gasteiger charge is -2.22. The van der Waals surface area contributed by atoms with E-state index in [1.165, 1.54) is 38.8 Å². The molecule has 0 aliphatic carbocycles. The molecule has 178 valence electrons. The van der Waals surface area contributed by atoms with Gasteiger partial charge in [0.2, 0.25) is 0 Å². The highest BCUT2D eigenvalue weighted by molar-refractivity contribution is 6.35. The lowest BCUT2D eigenvalue weighted by molar-refractivity contribution is 0.260. The predicted molar refractivity (Wildman–Crippen MR) is 136 cm³/mol. The fourth-order valence-electron chi connectivity index (χ4n) is 3.59. The molecule has 0 aliphatic heterocycles. The Morgan fingerprint density at radius 3 is 2.12 bits per heavy atom. The van der Waals surface area contributed by atoms with Gasteiger partial charge in [-0.15, -0.1) is 0 Å². The summed E-state index contributed by atoms with van der Waals surface area (Å²) >= 11 is 12.6. The molecule has 0 heterocycles. The van der Waals surface area contributed by atoms with Gasteiger partial charge in [-0.3, -0.25) is 0 Å². The van der Waals surface area contributed by atoms with E-state index >= 15 is 0 Å². The van der Waals surface area contributed by atoms with Crippen molar-refractivity contribution in [3.05, 3.63) is 57.6 Å². The quantitative estimate of drug-likeness (QED) is 0.263. The first kappa shape index (κ1) is 26.8. The molecule has 0 atom stereocenters. The fraction of sp³-hybridized carbons (Fsp3) is 0.538.